The molecular weight excluding hydrogens is 318 g/mol. The van der Waals surface area contributed by atoms with Gasteiger partial charge in [0.1, 0.15) is 12.3 Å². The van der Waals surface area contributed by atoms with Crippen LogP contribution in [0.15, 0.2) is 40.9 Å². The van der Waals surface area contributed by atoms with Gasteiger partial charge < -0.3 is 9.26 Å². The second kappa shape index (κ2) is 6.54. The number of hydrogen-bond donors (Lipinski definition) is 0. The molecule has 0 aliphatic carbocycles. The Balaban J connectivity index is 1.51. The molecule has 122 valence electrons. The van der Waals surface area contributed by atoms with Gasteiger partial charge in [-0.05, 0) is 12.3 Å². The summed E-state index contributed by atoms with van der Waals surface area (Å²) in [6.45, 7) is 0.0225. The average Bonchev–Trinajstić information content (AvgIpc) is 3.13. The van der Waals surface area contributed by atoms with Crippen molar-refractivity contribution in [3.8, 4) is 11.3 Å². The van der Waals surface area contributed by atoms with E-state index in [1.54, 1.807) is 6.07 Å². The van der Waals surface area contributed by atoms with Crippen molar-refractivity contribution in [2.45, 2.75) is 19.4 Å². The third-order valence-corrected chi connectivity index (χ3v) is 5.62. The van der Waals surface area contributed by atoms with Crippen molar-refractivity contribution in [3.63, 3.8) is 0 Å². The van der Waals surface area contributed by atoms with E-state index in [9.17, 15) is 13.2 Å². The van der Waals surface area contributed by atoms with Crippen molar-refractivity contribution in [1.29, 1.82) is 0 Å². The van der Waals surface area contributed by atoms with Crippen LogP contribution >= 0.6 is 0 Å². The summed E-state index contributed by atoms with van der Waals surface area (Å²) in [5, 5.41) is 3.87. The minimum Gasteiger partial charge on any atom is -0.459 e. The van der Waals surface area contributed by atoms with Crippen LogP contribution in [0.2, 0.25) is 0 Å². The highest BCUT2D eigenvalue weighted by Crippen LogP contribution is 2.23. The van der Waals surface area contributed by atoms with E-state index < -0.39 is 15.8 Å². The van der Waals surface area contributed by atoms with Gasteiger partial charge in [-0.1, -0.05) is 35.5 Å². The predicted octanol–water partition coefficient (Wildman–Crippen LogP) is 2.21. The number of carbonyl (C=O) groups excluding carboxylic acids is 1. The Labute approximate surface area is 134 Å². The molecule has 2 aromatic rings. The molecule has 0 spiro atoms. The number of ether oxygens (including phenoxy) is 1. The largest absolute Gasteiger partial charge is 0.459 e. The van der Waals surface area contributed by atoms with Gasteiger partial charge >= 0.3 is 5.97 Å². The molecule has 7 heteroatoms. The van der Waals surface area contributed by atoms with E-state index in [0.717, 1.165) is 5.56 Å². The maximum absolute atomic E-state index is 11.8. The Morgan fingerprint density at radius 2 is 2.09 bits per heavy atom. The fraction of sp³-hybridized carbons (Fsp3) is 0.375. The Morgan fingerprint density at radius 1 is 1.30 bits per heavy atom. The molecule has 1 aromatic carbocycles. The molecule has 6 nitrogen and oxygen atoms in total. The number of rotatable bonds is 5. The van der Waals surface area contributed by atoms with Crippen LogP contribution in [0.3, 0.4) is 0 Å². The van der Waals surface area contributed by atoms with Gasteiger partial charge in [0.05, 0.1) is 11.5 Å². The molecule has 1 atom stereocenters. The van der Waals surface area contributed by atoms with Crippen molar-refractivity contribution in [2.75, 3.05) is 11.5 Å². The van der Waals surface area contributed by atoms with Crippen LogP contribution in [0.4, 0.5) is 0 Å². The predicted molar refractivity (Wildman–Crippen MR) is 83.1 cm³/mol. The van der Waals surface area contributed by atoms with Crippen molar-refractivity contribution in [1.82, 2.24) is 5.16 Å². The van der Waals surface area contributed by atoms with Crippen molar-refractivity contribution in [3.05, 3.63) is 42.1 Å². The van der Waals surface area contributed by atoms with Gasteiger partial charge in [-0.3, -0.25) is 4.79 Å². The first-order valence-corrected chi connectivity index (χ1v) is 9.21. The van der Waals surface area contributed by atoms with Crippen LogP contribution in [0.25, 0.3) is 11.3 Å². The lowest BCUT2D eigenvalue weighted by atomic mass is 10.1. The van der Waals surface area contributed by atoms with Crippen molar-refractivity contribution in [2.24, 2.45) is 5.92 Å². The molecule has 2 heterocycles. The first kappa shape index (κ1) is 15.7. The summed E-state index contributed by atoms with van der Waals surface area (Å²) in [5.41, 5.74) is 1.42. The second-order valence-electron chi connectivity index (χ2n) is 5.68. The second-order valence-corrected chi connectivity index (χ2v) is 7.91. The van der Waals surface area contributed by atoms with Crippen LogP contribution in [-0.4, -0.2) is 31.0 Å². The van der Waals surface area contributed by atoms with Gasteiger partial charge in [0.2, 0.25) is 0 Å². The van der Waals surface area contributed by atoms with Gasteiger partial charge in [0, 0.05) is 18.1 Å². The van der Waals surface area contributed by atoms with Crippen LogP contribution in [0.5, 0.6) is 0 Å². The van der Waals surface area contributed by atoms with Gasteiger partial charge in [-0.25, -0.2) is 8.42 Å². The van der Waals surface area contributed by atoms with E-state index in [1.165, 1.54) is 0 Å². The molecule has 1 aromatic heterocycles. The molecule has 1 aliphatic rings. The molecule has 1 fully saturated rings. The molecule has 1 saturated heterocycles. The zero-order chi connectivity index (χ0) is 16.3. The summed E-state index contributed by atoms with van der Waals surface area (Å²) in [6, 6.07) is 11.2. The maximum Gasteiger partial charge on any atom is 0.306 e. The summed E-state index contributed by atoms with van der Waals surface area (Å²) < 4.78 is 33.1. The SMILES string of the molecule is O=C(C[C@@H]1CCS(=O)(=O)C1)OCc1cc(-c2ccccc2)on1. The fourth-order valence-electron chi connectivity index (χ4n) is 2.60. The number of aromatic nitrogens is 1. The number of sulfone groups is 1. The van der Waals surface area contributed by atoms with E-state index in [-0.39, 0.29) is 30.5 Å². The number of benzene rings is 1. The minimum absolute atomic E-state index is 0.0225. The lowest BCUT2D eigenvalue weighted by molar-refractivity contribution is -0.146. The highest BCUT2D eigenvalue weighted by Gasteiger charge is 2.29. The smallest absolute Gasteiger partial charge is 0.306 e. The molecule has 0 unspecified atom stereocenters. The highest BCUT2D eigenvalue weighted by atomic mass is 32.2. The molecule has 3 rings (SSSR count). The minimum atomic E-state index is -2.97. The van der Waals surface area contributed by atoms with Crippen molar-refractivity contribution >= 4 is 15.8 Å². The van der Waals surface area contributed by atoms with E-state index >= 15 is 0 Å². The van der Waals surface area contributed by atoms with Gasteiger partial charge in [0.25, 0.3) is 0 Å². The molecule has 0 amide bonds. The Bertz CT molecular complexity index is 782. The number of esters is 1. The first-order chi connectivity index (χ1) is 11.0. The maximum atomic E-state index is 11.8. The van der Waals surface area contributed by atoms with Crippen molar-refractivity contribution < 1.29 is 22.5 Å². The molecule has 0 N–H and O–H groups in total. The number of carbonyl (C=O) groups is 1. The zero-order valence-corrected chi connectivity index (χ0v) is 13.3. The standard InChI is InChI=1S/C16H17NO5S/c18-16(8-12-6-7-23(19,20)11-12)21-10-14-9-15(22-17-14)13-4-2-1-3-5-13/h1-5,9,12H,6-8,10-11H2/t12-/m0/s1. The van der Waals surface area contributed by atoms with Crippen LogP contribution < -0.4 is 0 Å². The topological polar surface area (TPSA) is 86.5 Å². The molecule has 0 bridgehead atoms. The van der Waals surface area contributed by atoms with E-state index in [2.05, 4.69) is 5.16 Å². The van der Waals surface area contributed by atoms with E-state index in [0.29, 0.717) is 17.9 Å². The van der Waals surface area contributed by atoms with Crippen LogP contribution in [0, 0.1) is 5.92 Å². The van der Waals surface area contributed by atoms with Crippen LogP contribution in [0.1, 0.15) is 18.5 Å². The third-order valence-electron chi connectivity index (χ3n) is 3.78. The van der Waals surface area contributed by atoms with Gasteiger partial charge in [0.15, 0.2) is 15.6 Å². The van der Waals surface area contributed by atoms with Gasteiger partial charge in [-0.2, -0.15) is 0 Å². The summed E-state index contributed by atoms with van der Waals surface area (Å²) >= 11 is 0. The normalized spacial score (nSPS) is 19.6. The number of nitrogens with zero attached hydrogens (tertiary/aromatic N) is 1. The third kappa shape index (κ3) is 4.19. The highest BCUT2D eigenvalue weighted by molar-refractivity contribution is 7.91. The van der Waals surface area contributed by atoms with Crippen LogP contribution in [-0.2, 0) is 26.0 Å². The quantitative estimate of drug-likeness (QED) is 0.779. The summed E-state index contributed by atoms with van der Waals surface area (Å²) in [7, 11) is -2.97. The lowest BCUT2D eigenvalue weighted by Crippen LogP contribution is -2.13. The molecule has 1 aliphatic heterocycles. The lowest BCUT2D eigenvalue weighted by Gasteiger charge is -2.06. The Morgan fingerprint density at radius 3 is 2.78 bits per heavy atom. The summed E-state index contributed by atoms with van der Waals surface area (Å²) in [6.07, 6.45) is 0.655. The van der Waals surface area contributed by atoms with E-state index in [1.807, 2.05) is 30.3 Å². The fourth-order valence-corrected chi connectivity index (χ4v) is 4.46. The molecule has 23 heavy (non-hydrogen) atoms. The zero-order valence-electron chi connectivity index (χ0n) is 12.5. The molecule has 0 saturated carbocycles. The van der Waals surface area contributed by atoms with E-state index in [4.69, 9.17) is 9.26 Å². The first-order valence-electron chi connectivity index (χ1n) is 7.39. The monoisotopic (exact) mass is 335 g/mol. The summed E-state index contributed by atoms with van der Waals surface area (Å²) in [5.74, 6) is 0.304. The average molecular weight is 335 g/mol. The summed E-state index contributed by atoms with van der Waals surface area (Å²) in [4.78, 5) is 11.8. The molecular formula is C16H17NO5S. The number of hydrogen-bond acceptors (Lipinski definition) is 6. The van der Waals surface area contributed by atoms with Gasteiger partial charge in [-0.15, -0.1) is 0 Å². The molecule has 0 radical (unpaired) electrons. The Hall–Kier alpha value is -2.15. The Kier molecular flexibility index (Phi) is 4.47.